The van der Waals surface area contributed by atoms with Crippen LogP contribution < -0.4 is 9.47 Å². The molecular formula is C24H37ClN2O3. The molecule has 5 nitrogen and oxygen atoms in total. The minimum atomic E-state index is -0.0593. The van der Waals surface area contributed by atoms with Crippen LogP contribution in [0.4, 0.5) is 0 Å². The standard InChI is InChI=1S/C24H36N2O3.ClH/c1-19-5-3-14-25(19)15-4-18-28-20-6-8-21(9-7-20)29-22-10-16-26(17-11-22)23(27)24(2)12-13-24;/h6-9,19,22H,3-5,10-18H2,1-2H3;1H/t19-;/m1./s1. The Hall–Kier alpha value is -1.46. The highest BCUT2D eigenvalue weighted by Crippen LogP contribution is 2.46. The summed E-state index contributed by atoms with van der Waals surface area (Å²) in [6, 6.07) is 8.73. The van der Waals surface area contributed by atoms with Gasteiger partial charge in [-0.15, -0.1) is 12.4 Å². The lowest BCUT2D eigenvalue weighted by Gasteiger charge is -2.33. The van der Waals surface area contributed by atoms with Crippen LogP contribution in [0.3, 0.4) is 0 Å². The Morgan fingerprint density at radius 3 is 2.33 bits per heavy atom. The average molecular weight is 437 g/mol. The Labute approximate surface area is 187 Å². The molecule has 1 saturated carbocycles. The molecule has 168 valence electrons. The quantitative estimate of drug-likeness (QED) is 0.561. The second-order valence-electron chi connectivity index (χ2n) is 9.37. The fraction of sp³-hybridized carbons (Fsp3) is 0.708. The minimum absolute atomic E-state index is 0. The normalized spacial score (nSPS) is 23.7. The van der Waals surface area contributed by atoms with E-state index in [1.165, 1.54) is 19.4 Å². The van der Waals surface area contributed by atoms with Crippen LogP contribution in [0.5, 0.6) is 11.5 Å². The van der Waals surface area contributed by atoms with Gasteiger partial charge in [0.15, 0.2) is 0 Å². The molecule has 1 aromatic carbocycles. The van der Waals surface area contributed by atoms with Crippen molar-refractivity contribution in [1.82, 2.24) is 9.80 Å². The second-order valence-corrected chi connectivity index (χ2v) is 9.37. The summed E-state index contributed by atoms with van der Waals surface area (Å²) in [5.74, 6) is 2.14. The fourth-order valence-corrected chi connectivity index (χ4v) is 4.55. The Morgan fingerprint density at radius 2 is 1.73 bits per heavy atom. The smallest absolute Gasteiger partial charge is 0.228 e. The van der Waals surface area contributed by atoms with Gasteiger partial charge in [-0.25, -0.2) is 0 Å². The van der Waals surface area contributed by atoms with Crippen LogP contribution >= 0.6 is 12.4 Å². The highest BCUT2D eigenvalue weighted by molar-refractivity contribution is 5.85. The van der Waals surface area contributed by atoms with E-state index >= 15 is 0 Å². The third kappa shape index (κ3) is 5.82. The first-order valence-corrected chi connectivity index (χ1v) is 11.5. The number of amides is 1. The van der Waals surface area contributed by atoms with Crippen molar-refractivity contribution in [2.75, 3.05) is 32.8 Å². The molecule has 30 heavy (non-hydrogen) atoms. The van der Waals surface area contributed by atoms with Gasteiger partial charge >= 0.3 is 0 Å². The number of rotatable bonds is 8. The van der Waals surface area contributed by atoms with E-state index in [1.807, 2.05) is 29.2 Å². The van der Waals surface area contributed by atoms with E-state index in [1.54, 1.807) is 0 Å². The van der Waals surface area contributed by atoms with Gasteiger partial charge in [-0.3, -0.25) is 4.79 Å². The molecule has 2 saturated heterocycles. The third-order valence-electron chi connectivity index (χ3n) is 6.92. The molecule has 0 bridgehead atoms. The van der Waals surface area contributed by atoms with Crippen molar-refractivity contribution in [3.8, 4) is 11.5 Å². The van der Waals surface area contributed by atoms with Gasteiger partial charge in [0.2, 0.25) is 5.91 Å². The van der Waals surface area contributed by atoms with E-state index < -0.39 is 0 Å². The van der Waals surface area contributed by atoms with Gasteiger partial charge < -0.3 is 19.3 Å². The molecule has 2 heterocycles. The van der Waals surface area contributed by atoms with Crippen molar-refractivity contribution < 1.29 is 14.3 Å². The molecular weight excluding hydrogens is 400 g/mol. The molecule has 1 atom stereocenters. The topological polar surface area (TPSA) is 42.0 Å². The predicted molar refractivity (Wildman–Crippen MR) is 122 cm³/mol. The van der Waals surface area contributed by atoms with Gasteiger partial charge in [-0.2, -0.15) is 0 Å². The monoisotopic (exact) mass is 436 g/mol. The Balaban J connectivity index is 0.00000256. The number of halogens is 1. The number of benzene rings is 1. The Kier molecular flexibility index (Phi) is 7.92. The predicted octanol–water partition coefficient (Wildman–Crippen LogP) is 4.53. The molecule has 1 aromatic rings. The molecule has 1 amide bonds. The number of ether oxygens (including phenoxy) is 2. The molecule has 0 N–H and O–H groups in total. The molecule has 3 fully saturated rings. The van der Waals surface area contributed by atoms with E-state index in [0.29, 0.717) is 5.91 Å². The van der Waals surface area contributed by atoms with Gasteiger partial charge in [0, 0.05) is 43.9 Å². The molecule has 0 unspecified atom stereocenters. The maximum absolute atomic E-state index is 12.5. The maximum atomic E-state index is 12.5. The first kappa shape index (κ1) is 23.2. The Bertz CT molecular complexity index is 684. The largest absolute Gasteiger partial charge is 0.494 e. The molecule has 4 rings (SSSR count). The number of carbonyl (C=O) groups excluding carboxylic acids is 1. The van der Waals surface area contributed by atoms with Crippen molar-refractivity contribution in [3.05, 3.63) is 24.3 Å². The summed E-state index contributed by atoms with van der Waals surface area (Å²) < 4.78 is 12.0. The van der Waals surface area contributed by atoms with E-state index in [-0.39, 0.29) is 23.9 Å². The summed E-state index contributed by atoms with van der Waals surface area (Å²) in [5, 5.41) is 0. The summed E-state index contributed by atoms with van der Waals surface area (Å²) in [5.41, 5.74) is -0.0593. The SMILES string of the molecule is C[C@@H]1CCCN1CCCOc1ccc(OC2CCN(C(=O)C3(C)CC3)CC2)cc1.Cl. The van der Waals surface area contributed by atoms with Crippen LogP contribution in [0.25, 0.3) is 0 Å². The summed E-state index contributed by atoms with van der Waals surface area (Å²) in [6.45, 7) is 9.17. The number of hydrogen-bond donors (Lipinski definition) is 0. The molecule has 0 radical (unpaired) electrons. The summed E-state index contributed by atoms with van der Waals surface area (Å²) >= 11 is 0. The summed E-state index contributed by atoms with van der Waals surface area (Å²) in [7, 11) is 0. The number of carbonyl (C=O) groups is 1. The number of piperidine rings is 1. The van der Waals surface area contributed by atoms with E-state index in [4.69, 9.17) is 9.47 Å². The third-order valence-corrected chi connectivity index (χ3v) is 6.92. The van der Waals surface area contributed by atoms with Gasteiger partial charge in [-0.1, -0.05) is 6.92 Å². The fourth-order valence-electron chi connectivity index (χ4n) is 4.55. The van der Waals surface area contributed by atoms with Crippen LogP contribution in [0.1, 0.15) is 58.8 Å². The molecule has 6 heteroatoms. The molecule has 2 aliphatic heterocycles. The highest BCUT2D eigenvalue weighted by Gasteiger charge is 2.47. The van der Waals surface area contributed by atoms with E-state index in [2.05, 4.69) is 18.7 Å². The van der Waals surface area contributed by atoms with Gasteiger partial charge in [0.05, 0.1) is 6.61 Å². The van der Waals surface area contributed by atoms with Gasteiger partial charge in [0.25, 0.3) is 0 Å². The lowest BCUT2D eigenvalue weighted by molar-refractivity contribution is -0.138. The minimum Gasteiger partial charge on any atom is -0.494 e. The van der Waals surface area contributed by atoms with Crippen molar-refractivity contribution >= 4 is 18.3 Å². The highest BCUT2D eigenvalue weighted by atomic mass is 35.5. The van der Waals surface area contributed by atoms with E-state index in [9.17, 15) is 4.79 Å². The van der Waals surface area contributed by atoms with Crippen LogP contribution in [0, 0.1) is 5.41 Å². The number of hydrogen-bond acceptors (Lipinski definition) is 4. The van der Waals surface area contributed by atoms with Gasteiger partial charge in [-0.05, 0) is 69.8 Å². The lowest BCUT2D eigenvalue weighted by atomic mass is 10.0. The summed E-state index contributed by atoms with van der Waals surface area (Å²) in [4.78, 5) is 17.0. The summed E-state index contributed by atoms with van der Waals surface area (Å²) in [6.07, 6.45) is 7.85. The van der Waals surface area contributed by atoms with Crippen LogP contribution in [0.15, 0.2) is 24.3 Å². The van der Waals surface area contributed by atoms with Gasteiger partial charge in [0.1, 0.15) is 17.6 Å². The molecule has 0 aromatic heterocycles. The zero-order valence-electron chi connectivity index (χ0n) is 18.5. The second kappa shape index (κ2) is 10.2. The average Bonchev–Trinajstić information content (AvgIpc) is 3.36. The lowest BCUT2D eigenvalue weighted by Crippen LogP contribution is -2.44. The first-order chi connectivity index (χ1) is 14.0. The zero-order valence-corrected chi connectivity index (χ0v) is 19.3. The Morgan fingerprint density at radius 1 is 1.07 bits per heavy atom. The van der Waals surface area contributed by atoms with E-state index in [0.717, 1.165) is 75.9 Å². The molecule has 3 aliphatic rings. The first-order valence-electron chi connectivity index (χ1n) is 11.5. The van der Waals surface area contributed by atoms with Crippen molar-refractivity contribution in [3.63, 3.8) is 0 Å². The van der Waals surface area contributed by atoms with Crippen LogP contribution in [0.2, 0.25) is 0 Å². The van der Waals surface area contributed by atoms with Crippen molar-refractivity contribution in [2.24, 2.45) is 5.41 Å². The van der Waals surface area contributed by atoms with Crippen molar-refractivity contribution in [2.45, 2.75) is 70.9 Å². The molecule has 0 spiro atoms. The van der Waals surface area contributed by atoms with Crippen LogP contribution in [-0.4, -0.2) is 60.6 Å². The van der Waals surface area contributed by atoms with Crippen LogP contribution in [-0.2, 0) is 4.79 Å². The number of likely N-dealkylation sites (tertiary alicyclic amines) is 2. The maximum Gasteiger partial charge on any atom is 0.228 e. The molecule has 1 aliphatic carbocycles. The zero-order chi connectivity index (χ0) is 20.3. The van der Waals surface area contributed by atoms with Crippen molar-refractivity contribution in [1.29, 1.82) is 0 Å². The number of nitrogens with zero attached hydrogens (tertiary/aromatic N) is 2.